The summed E-state index contributed by atoms with van der Waals surface area (Å²) in [5.41, 5.74) is 2.69. The van der Waals surface area contributed by atoms with Gasteiger partial charge >= 0.3 is 0 Å². The van der Waals surface area contributed by atoms with Gasteiger partial charge in [-0.3, -0.25) is 14.3 Å². The lowest BCUT2D eigenvalue weighted by Crippen LogP contribution is -2.50. The predicted octanol–water partition coefficient (Wildman–Crippen LogP) is 3.39. The van der Waals surface area contributed by atoms with Gasteiger partial charge < -0.3 is 10.6 Å². The summed E-state index contributed by atoms with van der Waals surface area (Å²) in [6, 6.07) is 18.3. The molecular formula is C24H28N4O2. The summed E-state index contributed by atoms with van der Waals surface area (Å²) >= 11 is 0. The summed E-state index contributed by atoms with van der Waals surface area (Å²) in [5, 5.41) is 10.1. The van der Waals surface area contributed by atoms with E-state index < -0.39 is 6.04 Å². The Bertz CT molecular complexity index is 937. The molecule has 0 aliphatic rings. The standard InChI is InChI=1S/C24H28N4O2/c1-3-18(2)22(27-23(29)21-8-5-4-6-9-21)24(30)25-16-19-10-12-20(13-11-19)17-28-15-7-14-26-28/h4-15,18,22H,3,16-17H2,1-2H3,(H,25,30)(H,27,29). The first-order valence-corrected chi connectivity index (χ1v) is 10.3. The predicted molar refractivity (Wildman–Crippen MR) is 117 cm³/mol. The summed E-state index contributed by atoms with van der Waals surface area (Å²) in [6.07, 6.45) is 4.47. The van der Waals surface area contributed by atoms with E-state index in [9.17, 15) is 9.59 Å². The molecule has 6 nitrogen and oxygen atoms in total. The van der Waals surface area contributed by atoms with Crippen molar-refractivity contribution in [3.63, 3.8) is 0 Å². The topological polar surface area (TPSA) is 76.0 Å². The lowest BCUT2D eigenvalue weighted by Gasteiger charge is -2.23. The van der Waals surface area contributed by atoms with Gasteiger partial charge in [-0.05, 0) is 35.2 Å². The highest BCUT2D eigenvalue weighted by Gasteiger charge is 2.26. The maximum absolute atomic E-state index is 12.8. The molecule has 30 heavy (non-hydrogen) atoms. The van der Waals surface area contributed by atoms with Crippen LogP contribution in [0.4, 0.5) is 0 Å². The second-order valence-corrected chi connectivity index (χ2v) is 7.44. The smallest absolute Gasteiger partial charge is 0.251 e. The van der Waals surface area contributed by atoms with Gasteiger partial charge in [0.05, 0.1) is 6.54 Å². The van der Waals surface area contributed by atoms with Crippen molar-refractivity contribution in [2.45, 2.75) is 39.4 Å². The monoisotopic (exact) mass is 404 g/mol. The van der Waals surface area contributed by atoms with Crippen molar-refractivity contribution >= 4 is 11.8 Å². The van der Waals surface area contributed by atoms with Crippen molar-refractivity contribution in [1.82, 2.24) is 20.4 Å². The van der Waals surface area contributed by atoms with Gasteiger partial charge in [0.2, 0.25) is 5.91 Å². The fourth-order valence-electron chi connectivity index (χ4n) is 3.16. The first-order valence-electron chi connectivity index (χ1n) is 10.3. The number of nitrogens with zero attached hydrogens (tertiary/aromatic N) is 2. The number of hydrogen-bond donors (Lipinski definition) is 2. The summed E-state index contributed by atoms with van der Waals surface area (Å²) in [7, 11) is 0. The fourth-order valence-corrected chi connectivity index (χ4v) is 3.16. The van der Waals surface area contributed by atoms with Crippen molar-refractivity contribution in [3.8, 4) is 0 Å². The Kier molecular flexibility index (Phi) is 7.38. The molecule has 2 aromatic carbocycles. The van der Waals surface area contributed by atoms with Gasteiger partial charge in [-0.25, -0.2) is 0 Å². The third kappa shape index (κ3) is 5.80. The summed E-state index contributed by atoms with van der Waals surface area (Å²) in [4.78, 5) is 25.3. The van der Waals surface area contributed by atoms with Crippen LogP contribution in [0.2, 0.25) is 0 Å². The van der Waals surface area contributed by atoms with Crippen molar-refractivity contribution in [2.75, 3.05) is 0 Å². The Morgan fingerprint density at radius 1 is 1.00 bits per heavy atom. The van der Waals surface area contributed by atoms with Gasteiger partial charge in [-0.15, -0.1) is 0 Å². The van der Waals surface area contributed by atoms with Crippen molar-refractivity contribution in [1.29, 1.82) is 0 Å². The molecule has 2 N–H and O–H groups in total. The number of amides is 2. The average molecular weight is 405 g/mol. The quantitative estimate of drug-likeness (QED) is 0.574. The van der Waals surface area contributed by atoms with Crippen LogP contribution < -0.4 is 10.6 Å². The van der Waals surface area contributed by atoms with Crippen molar-refractivity contribution < 1.29 is 9.59 Å². The van der Waals surface area contributed by atoms with E-state index in [0.29, 0.717) is 18.7 Å². The van der Waals surface area contributed by atoms with E-state index in [1.165, 1.54) is 0 Å². The Morgan fingerprint density at radius 3 is 2.33 bits per heavy atom. The van der Waals surface area contributed by atoms with Crippen LogP contribution in [0.15, 0.2) is 73.1 Å². The Hall–Kier alpha value is -3.41. The maximum atomic E-state index is 12.8. The molecule has 2 unspecified atom stereocenters. The number of rotatable bonds is 9. The van der Waals surface area contributed by atoms with E-state index in [4.69, 9.17) is 0 Å². The molecule has 2 amide bonds. The van der Waals surface area contributed by atoms with Crippen LogP contribution in [0.3, 0.4) is 0 Å². The third-order valence-electron chi connectivity index (χ3n) is 5.21. The van der Waals surface area contributed by atoms with E-state index in [1.807, 2.05) is 73.3 Å². The van der Waals surface area contributed by atoms with Crippen LogP contribution in [-0.2, 0) is 17.9 Å². The first kappa shape index (κ1) is 21.3. The minimum absolute atomic E-state index is 0.0223. The number of carbonyl (C=O) groups is 2. The van der Waals surface area contributed by atoms with Gasteiger partial charge in [0.25, 0.3) is 5.91 Å². The van der Waals surface area contributed by atoms with Crippen LogP contribution >= 0.6 is 0 Å². The molecule has 0 aliphatic carbocycles. The van der Waals surface area contributed by atoms with Crippen LogP contribution in [-0.4, -0.2) is 27.6 Å². The van der Waals surface area contributed by atoms with E-state index in [0.717, 1.165) is 17.5 Å². The van der Waals surface area contributed by atoms with E-state index in [2.05, 4.69) is 15.7 Å². The summed E-state index contributed by atoms with van der Waals surface area (Å²) < 4.78 is 1.86. The second kappa shape index (κ2) is 10.4. The molecule has 3 rings (SSSR count). The van der Waals surface area contributed by atoms with Crippen LogP contribution in [0.5, 0.6) is 0 Å². The summed E-state index contributed by atoms with van der Waals surface area (Å²) in [5.74, 6) is -0.387. The minimum Gasteiger partial charge on any atom is -0.350 e. The molecule has 2 atom stereocenters. The average Bonchev–Trinajstić information content (AvgIpc) is 3.29. The molecule has 6 heteroatoms. The number of nitrogens with one attached hydrogen (secondary N) is 2. The Labute approximate surface area is 177 Å². The molecule has 0 saturated carbocycles. The van der Waals surface area contributed by atoms with E-state index in [1.54, 1.807) is 18.3 Å². The highest BCUT2D eigenvalue weighted by molar-refractivity contribution is 5.97. The zero-order chi connectivity index (χ0) is 21.3. The Balaban J connectivity index is 1.58. The molecule has 0 aliphatic heterocycles. The largest absolute Gasteiger partial charge is 0.350 e. The summed E-state index contributed by atoms with van der Waals surface area (Å²) in [6.45, 7) is 5.10. The zero-order valence-electron chi connectivity index (χ0n) is 17.4. The zero-order valence-corrected chi connectivity index (χ0v) is 17.4. The van der Waals surface area contributed by atoms with Crippen LogP contribution in [0.1, 0.15) is 41.8 Å². The number of benzene rings is 2. The SMILES string of the molecule is CCC(C)C(NC(=O)c1ccccc1)C(=O)NCc1ccc(Cn2cccn2)cc1. The van der Waals surface area contributed by atoms with Gasteiger partial charge in [0, 0.05) is 24.5 Å². The number of carbonyl (C=O) groups excluding carboxylic acids is 2. The van der Waals surface area contributed by atoms with Gasteiger partial charge in [-0.2, -0.15) is 5.10 Å². The van der Waals surface area contributed by atoms with Gasteiger partial charge in [0.15, 0.2) is 0 Å². The molecule has 0 spiro atoms. The van der Waals surface area contributed by atoms with Crippen LogP contribution in [0, 0.1) is 5.92 Å². The molecule has 0 radical (unpaired) electrons. The maximum Gasteiger partial charge on any atom is 0.251 e. The fraction of sp³-hybridized carbons (Fsp3) is 0.292. The molecule has 0 fully saturated rings. The highest BCUT2D eigenvalue weighted by Crippen LogP contribution is 2.11. The van der Waals surface area contributed by atoms with Crippen LogP contribution in [0.25, 0.3) is 0 Å². The number of hydrogen-bond acceptors (Lipinski definition) is 3. The first-order chi connectivity index (χ1) is 14.6. The van der Waals surface area contributed by atoms with Gasteiger partial charge in [-0.1, -0.05) is 62.7 Å². The molecule has 0 bridgehead atoms. The molecular weight excluding hydrogens is 376 g/mol. The highest BCUT2D eigenvalue weighted by atomic mass is 16.2. The second-order valence-electron chi connectivity index (χ2n) is 7.44. The van der Waals surface area contributed by atoms with Gasteiger partial charge in [0.1, 0.15) is 6.04 Å². The Morgan fingerprint density at radius 2 is 1.70 bits per heavy atom. The number of aromatic nitrogens is 2. The molecule has 1 heterocycles. The van der Waals surface area contributed by atoms with E-state index >= 15 is 0 Å². The normalized spacial score (nSPS) is 12.7. The molecule has 1 aromatic heterocycles. The molecule has 3 aromatic rings. The minimum atomic E-state index is -0.582. The van der Waals surface area contributed by atoms with Crippen molar-refractivity contribution in [2.24, 2.45) is 5.92 Å². The molecule has 156 valence electrons. The molecule has 0 saturated heterocycles. The lowest BCUT2D eigenvalue weighted by atomic mass is 9.97. The third-order valence-corrected chi connectivity index (χ3v) is 5.21. The van der Waals surface area contributed by atoms with E-state index in [-0.39, 0.29) is 17.7 Å². The van der Waals surface area contributed by atoms with Crippen molar-refractivity contribution in [3.05, 3.63) is 89.7 Å². The lowest BCUT2D eigenvalue weighted by molar-refractivity contribution is -0.124.